The summed E-state index contributed by atoms with van der Waals surface area (Å²) >= 11 is 0. The quantitative estimate of drug-likeness (QED) is 0.839. The van der Waals surface area contributed by atoms with Crippen molar-refractivity contribution < 1.29 is 23.1 Å². The van der Waals surface area contributed by atoms with Crippen LogP contribution < -0.4 is 5.32 Å². The van der Waals surface area contributed by atoms with Crippen molar-refractivity contribution in [3.05, 3.63) is 34.9 Å². The van der Waals surface area contributed by atoms with Gasteiger partial charge in [0.15, 0.2) is 0 Å². The Hall–Kier alpha value is -2.00. The molecular formula is C15H16F3NO2. The van der Waals surface area contributed by atoms with E-state index in [1.807, 2.05) is 0 Å². The summed E-state index contributed by atoms with van der Waals surface area (Å²) in [6, 6.07) is 4.86. The number of aliphatic hydroxyl groups excluding tert-OH is 1. The van der Waals surface area contributed by atoms with Crippen LogP contribution in [0.2, 0.25) is 0 Å². The molecule has 21 heavy (non-hydrogen) atoms. The maximum absolute atomic E-state index is 12.0. The fourth-order valence-electron chi connectivity index (χ4n) is 1.63. The van der Waals surface area contributed by atoms with Gasteiger partial charge in [-0.15, -0.1) is 0 Å². The monoisotopic (exact) mass is 299 g/mol. The van der Waals surface area contributed by atoms with Crippen LogP contribution in [-0.4, -0.2) is 30.3 Å². The number of aryl methyl sites for hydroxylation is 1. The van der Waals surface area contributed by atoms with Gasteiger partial charge in [0.1, 0.15) is 0 Å². The molecular weight excluding hydrogens is 283 g/mol. The first-order valence-electron chi connectivity index (χ1n) is 6.38. The van der Waals surface area contributed by atoms with E-state index >= 15 is 0 Å². The number of nitrogens with one attached hydrogen (secondary N) is 1. The normalized spacial score (nSPS) is 10.7. The van der Waals surface area contributed by atoms with Gasteiger partial charge in [-0.25, -0.2) is 0 Å². The van der Waals surface area contributed by atoms with Gasteiger partial charge in [0.2, 0.25) is 0 Å². The third-order valence-corrected chi connectivity index (χ3v) is 2.50. The van der Waals surface area contributed by atoms with E-state index < -0.39 is 25.0 Å². The molecule has 0 radical (unpaired) electrons. The number of aliphatic hydroxyl groups is 1. The number of benzene rings is 1. The summed E-state index contributed by atoms with van der Waals surface area (Å²) in [6.45, 7) is 1.26. The van der Waals surface area contributed by atoms with E-state index in [4.69, 9.17) is 5.11 Å². The molecule has 1 aromatic carbocycles. The Morgan fingerprint density at radius 1 is 1.33 bits per heavy atom. The van der Waals surface area contributed by atoms with Crippen LogP contribution in [0.4, 0.5) is 13.2 Å². The average Bonchev–Trinajstić information content (AvgIpc) is 2.36. The zero-order valence-corrected chi connectivity index (χ0v) is 11.5. The molecule has 0 aromatic heterocycles. The van der Waals surface area contributed by atoms with Crippen molar-refractivity contribution in [2.45, 2.75) is 25.9 Å². The summed E-state index contributed by atoms with van der Waals surface area (Å²) in [7, 11) is 0. The van der Waals surface area contributed by atoms with Gasteiger partial charge in [0.05, 0.1) is 13.0 Å². The number of alkyl halides is 3. The van der Waals surface area contributed by atoms with Gasteiger partial charge in [-0.1, -0.05) is 11.8 Å². The molecule has 0 aliphatic rings. The summed E-state index contributed by atoms with van der Waals surface area (Å²) < 4.78 is 36.1. The third kappa shape index (κ3) is 6.82. The van der Waals surface area contributed by atoms with Crippen molar-refractivity contribution in [3.63, 3.8) is 0 Å². The van der Waals surface area contributed by atoms with Crippen LogP contribution in [0.1, 0.15) is 34.3 Å². The van der Waals surface area contributed by atoms with Crippen molar-refractivity contribution in [3.8, 4) is 11.8 Å². The van der Waals surface area contributed by atoms with Gasteiger partial charge < -0.3 is 10.4 Å². The highest BCUT2D eigenvalue weighted by molar-refractivity contribution is 5.94. The second-order valence-corrected chi connectivity index (χ2v) is 4.48. The Morgan fingerprint density at radius 3 is 2.67 bits per heavy atom. The minimum atomic E-state index is -4.29. The van der Waals surface area contributed by atoms with E-state index in [1.165, 1.54) is 6.07 Å². The van der Waals surface area contributed by atoms with Crippen LogP contribution in [0.15, 0.2) is 18.2 Å². The van der Waals surface area contributed by atoms with Crippen molar-refractivity contribution in [1.82, 2.24) is 5.32 Å². The number of carbonyl (C=O) groups is 1. The number of rotatable bonds is 4. The van der Waals surface area contributed by atoms with Crippen LogP contribution in [0.5, 0.6) is 0 Å². The predicted molar refractivity (Wildman–Crippen MR) is 72.8 cm³/mol. The Bertz CT molecular complexity index is 556. The number of hydrogen-bond acceptors (Lipinski definition) is 2. The molecule has 0 atom stereocenters. The number of carbonyl (C=O) groups excluding carboxylic acids is 1. The third-order valence-electron chi connectivity index (χ3n) is 2.50. The topological polar surface area (TPSA) is 49.3 Å². The molecule has 0 aliphatic carbocycles. The molecule has 6 heteroatoms. The van der Waals surface area contributed by atoms with E-state index in [0.717, 1.165) is 5.56 Å². The predicted octanol–water partition coefficient (Wildman–Crippen LogP) is 2.41. The van der Waals surface area contributed by atoms with E-state index in [1.54, 1.807) is 19.1 Å². The summed E-state index contributed by atoms with van der Waals surface area (Å²) in [5.41, 5.74) is 1.64. The number of halogens is 3. The molecule has 0 heterocycles. The Morgan fingerprint density at radius 2 is 2.05 bits per heavy atom. The minimum absolute atomic E-state index is 0.0520. The molecule has 2 N–H and O–H groups in total. The highest BCUT2D eigenvalue weighted by Gasteiger charge is 2.26. The lowest BCUT2D eigenvalue weighted by Crippen LogP contribution is -2.28. The van der Waals surface area contributed by atoms with E-state index in [-0.39, 0.29) is 12.2 Å². The van der Waals surface area contributed by atoms with Crippen LogP contribution in [0.25, 0.3) is 0 Å². The minimum Gasteiger partial charge on any atom is -0.395 e. The van der Waals surface area contributed by atoms with Crippen LogP contribution >= 0.6 is 0 Å². The second kappa shape index (κ2) is 7.70. The molecule has 0 saturated carbocycles. The van der Waals surface area contributed by atoms with Gasteiger partial charge >= 0.3 is 6.18 Å². The fourth-order valence-corrected chi connectivity index (χ4v) is 1.63. The summed E-state index contributed by atoms with van der Waals surface area (Å²) in [5, 5.41) is 10.9. The lowest BCUT2D eigenvalue weighted by molar-refractivity contribution is -0.132. The standard InChI is InChI=1S/C15H16F3NO2/c1-11-8-12(4-2-3-7-20)10-13(9-11)14(21)19-6-5-15(16,17)18/h8-10,20H,3,5-7H2,1H3,(H,19,21). The molecule has 114 valence electrons. The Balaban J connectivity index is 2.74. The first kappa shape index (κ1) is 17.1. The van der Waals surface area contributed by atoms with Gasteiger partial charge in [-0.2, -0.15) is 13.2 Å². The van der Waals surface area contributed by atoms with Gasteiger partial charge in [0.25, 0.3) is 5.91 Å². The molecule has 1 rings (SSSR count). The van der Waals surface area contributed by atoms with Crippen molar-refractivity contribution >= 4 is 5.91 Å². The molecule has 0 unspecified atom stereocenters. The van der Waals surface area contributed by atoms with Crippen molar-refractivity contribution in [2.24, 2.45) is 0 Å². The van der Waals surface area contributed by atoms with Crippen LogP contribution in [0.3, 0.4) is 0 Å². The van der Waals surface area contributed by atoms with E-state index in [0.29, 0.717) is 12.0 Å². The largest absolute Gasteiger partial charge is 0.395 e. The van der Waals surface area contributed by atoms with Crippen LogP contribution in [-0.2, 0) is 0 Å². The molecule has 1 aromatic rings. The molecule has 0 aliphatic heterocycles. The Labute approximate surface area is 121 Å². The molecule has 0 bridgehead atoms. The molecule has 0 fully saturated rings. The average molecular weight is 299 g/mol. The molecule has 0 saturated heterocycles. The van der Waals surface area contributed by atoms with Gasteiger partial charge in [-0.05, 0) is 30.7 Å². The maximum Gasteiger partial charge on any atom is 0.390 e. The number of amides is 1. The van der Waals surface area contributed by atoms with E-state index in [2.05, 4.69) is 17.2 Å². The van der Waals surface area contributed by atoms with Crippen LogP contribution in [0, 0.1) is 18.8 Å². The molecule has 1 amide bonds. The zero-order valence-electron chi connectivity index (χ0n) is 11.5. The van der Waals surface area contributed by atoms with Gasteiger partial charge in [-0.3, -0.25) is 4.79 Å². The highest BCUT2D eigenvalue weighted by atomic mass is 19.4. The SMILES string of the molecule is Cc1cc(C#CCCO)cc(C(=O)NCCC(F)(F)F)c1. The summed E-state index contributed by atoms with van der Waals surface area (Å²) in [5.74, 6) is 4.96. The van der Waals surface area contributed by atoms with E-state index in [9.17, 15) is 18.0 Å². The molecule has 0 spiro atoms. The van der Waals surface area contributed by atoms with Crippen molar-refractivity contribution in [1.29, 1.82) is 0 Å². The molecule has 3 nitrogen and oxygen atoms in total. The Kier molecular flexibility index (Phi) is 6.25. The number of hydrogen-bond donors (Lipinski definition) is 2. The first-order valence-corrected chi connectivity index (χ1v) is 6.38. The summed E-state index contributed by atoms with van der Waals surface area (Å²) in [6.07, 6.45) is -5.03. The lowest BCUT2D eigenvalue weighted by atomic mass is 10.1. The smallest absolute Gasteiger partial charge is 0.390 e. The second-order valence-electron chi connectivity index (χ2n) is 4.48. The maximum atomic E-state index is 12.0. The zero-order chi connectivity index (χ0) is 15.9. The lowest BCUT2D eigenvalue weighted by Gasteiger charge is -2.08. The summed E-state index contributed by atoms with van der Waals surface area (Å²) in [4.78, 5) is 11.8. The fraction of sp³-hybridized carbons (Fsp3) is 0.400. The first-order chi connectivity index (χ1) is 9.81. The van der Waals surface area contributed by atoms with Crippen molar-refractivity contribution in [2.75, 3.05) is 13.2 Å². The highest BCUT2D eigenvalue weighted by Crippen LogP contribution is 2.18. The van der Waals surface area contributed by atoms with Gasteiger partial charge in [0, 0.05) is 24.1 Å².